The summed E-state index contributed by atoms with van der Waals surface area (Å²) in [5.74, 6) is 0.106. The van der Waals surface area contributed by atoms with Crippen LogP contribution in [0.1, 0.15) is 19.3 Å². The van der Waals surface area contributed by atoms with E-state index in [2.05, 4.69) is 5.32 Å². The van der Waals surface area contributed by atoms with Gasteiger partial charge in [-0.2, -0.15) is 0 Å². The zero-order valence-corrected chi connectivity index (χ0v) is 11.1. The van der Waals surface area contributed by atoms with E-state index in [1.54, 1.807) is 18.0 Å². The van der Waals surface area contributed by atoms with Gasteiger partial charge in [-0.05, 0) is 38.6 Å². The van der Waals surface area contributed by atoms with E-state index in [4.69, 9.17) is 11.6 Å². The van der Waals surface area contributed by atoms with E-state index in [9.17, 15) is 4.79 Å². The third-order valence-corrected chi connectivity index (χ3v) is 2.97. The van der Waals surface area contributed by atoms with Gasteiger partial charge in [0.2, 0.25) is 5.91 Å². The van der Waals surface area contributed by atoms with E-state index in [0.717, 1.165) is 25.1 Å². The van der Waals surface area contributed by atoms with Gasteiger partial charge < -0.3 is 10.2 Å². The Morgan fingerprint density at radius 2 is 2.06 bits per heavy atom. The molecule has 1 aromatic carbocycles. The Balaban J connectivity index is 2.49. The van der Waals surface area contributed by atoms with Crippen LogP contribution in [-0.2, 0) is 4.79 Å². The number of amides is 1. The number of halogens is 1. The standard InChI is InChI=1S/C13H19ClN2O/c1-15-10-6-5-9-13(17)16(2)12-8-4-3-7-11(12)14/h3-4,7-8,15H,5-6,9-10H2,1-2H3. The quantitative estimate of drug-likeness (QED) is 0.792. The van der Waals surface area contributed by atoms with Crippen LogP contribution in [0.2, 0.25) is 5.02 Å². The number of hydrogen-bond donors (Lipinski definition) is 1. The molecule has 0 aliphatic rings. The molecule has 0 aliphatic carbocycles. The Morgan fingerprint density at radius 1 is 1.35 bits per heavy atom. The summed E-state index contributed by atoms with van der Waals surface area (Å²) in [5.41, 5.74) is 0.771. The number of nitrogens with one attached hydrogen (secondary N) is 1. The summed E-state index contributed by atoms with van der Waals surface area (Å²) in [6.07, 6.45) is 2.47. The molecule has 0 unspecified atom stereocenters. The van der Waals surface area contributed by atoms with Gasteiger partial charge in [-0.15, -0.1) is 0 Å². The fraction of sp³-hybridized carbons (Fsp3) is 0.462. The molecule has 0 radical (unpaired) electrons. The van der Waals surface area contributed by atoms with Gasteiger partial charge in [0, 0.05) is 13.5 Å². The maximum atomic E-state index is 11.9. The lowest BCUT2D eigenvalue weighted by Gasteiger charge is -2.18. The molecule has 0 bridgehead atoms. The van der Waals surface area contributed by atoms with Gasteiger partial charge in [-0.1, -0.05) is 23.7 Å². The van der Waals surface area contributed by atoms with E-state index in [-0.39, 0.29) is 5.91 Å². The van der Waals surface area contributed by atoms with Gasteiger partial charge in [0.15, 0.2) is 0 Å². The number of carbonyl (C=O) groups is 1. The topological polar surface area (TPSA) is 32.3 Å². The van der Waals surface area contributed by atoms with Gasteiger partial charge in [0.1, 0.15) is 0 Å². The Morgan fingerprint density at radius 3 is 2.71 bits per heavy atom. The van der Waals surface area contributed by atoms with E-state index >= 15 is 0 Å². The summed E-state index contributed by atoms with van der Waals surface area (Å²) in [6, 6.07) is 7.39. The van der Waals surface area contributed by atoms with Gasteiger partial charge in [0.25, 0.3) is 0 Å². The smallest absolute Gasteiger partial charge is 0.226 e. The molecule has 4 heteroatoms. The molecule has 0 fully saturated rings. The number of unbranched alkanes of at least 4 members (excludes halogenated alkanes) is 1. The summed E-state index contributed by atoms with van der Waals surface area (Å²) < 4.78 is 0. The number of benzene rings is 1. The van der Waals surface area contributed by atoms with Crippen molar-refractivity contribution in [2.75, 3.05) is 25.5 Å². The van der Waals surface area contributed by atoms with Gasteiger partial charge >= 0.3 is 0 Å². The number of para-hydroxylation sites is 1. The first-order valence-corrected chi connectivity index (χ1v) is 6.20. The molecular formula is C13H19ClN2O. The van der Waals surface area contributed by atoms with Crippen LogP contribution >= 0.6 is 11.6 Å². The van der Waals surface area contributed by atoms with Crippen LogP contribution in [0.25, 0.3) is 0 Å². The van der Waals surface area contributed by atoms with Crippen molar-refractivity contribution in [2.45, 2.75) is 19.3 Å². The molecule has 1 rings (SSSR count). The zero-order chi connectivity index (χ0) is 12.7. The predicted octanol–water partition coefficient (Wildman–Crippen LogP) is 2.69. The van der Waals surface area contributed by atoms with Gasteiger partial charge in [-0.3, -0.25) is 4.79 Å². The summed E-state index contributed by atoms with van der Waals surface area (Å²) in [7, 11) is 3.68. The second kappa shape index (κ2) is 7.30. The fourth-order valence-electron chi connectivity index (χ4n) is 1.60. The molecule has 0 aromatic heterocycles. The molecular weight excluding hydrogens is 236 g/mol. The fourth-order valence-corrected chi connectivity index (χ4v) is 1.87. The van der Waals surface area contributed by atoms with Gasteiger partial charge in [-0.25, -0.2) is 0 Å². The highest BCUT2D eigenvalue weighted by atomic mass is 35.5. The molecule has 94 valence electrons. The lowest BCUT2D eigenvalue weighted by Crippen LogP contribution is -2.26. The minimum atomic E-state index is 0.106. The molecule has 3 nitrogen and oxygen atoms in total. The van der Waals surface area contributed by atoms with Crippen LogP contribution in [-0.4, -0.2) is 26.5 Å². The van der Waals surface area contributed by atoms with Crippen molar-refractivity contribution in [2.24, 2.45) is 0 Å². The Hall–Kier alpha value is -1.06. The molecule has 0 atom stereocenters. The minimum absolute atomic E-state index is 0.106. The van der Waals surface area contributed by atoms with Crippen LogP contribution in [0.3, 0.4) is 0 Å². The van der Waals surface area contributed by atoms with Crippen LogP contribution in [0, 0.1) is 0 Å². The molecule has 0 aliphatic heterocycles. The first-order valence-electron chi connectivity index (χ1n) is 5.82. The highest BCUT2D eigenvalue weighted by Crippen LogP contribution is 2.24. The van der Waals surface area contributed by atoms with Crippen molar-refractivity contribution in [1.82, 2.24) is 5.32 Å². The summed E-state index contributed by atoms with van der Waals surface area (Å²) in [5, 5.41) is 3.68. The van der Waals surface area contributed by atoms with Crippen molar-refractivity contribution >= 4 is 23.2 Å². The molecule has 17 heavy (non-hydrogen) atoms. The lowest BCUT2D eigenvalue weighted by molar-refractivity contribution is -0.118. The van der Waals surface area contributed by atoms with Crippen LogP contribution < -0.4 is 10.2 Å². The normalized spacial score (nSPS) is 10.3. The van der Waals surface area contributed by atoms with Crippen molar-refractivity contribution < 1.29 is 4.79 Å². The minimum Gasteiger partial charge on any atom is -0.320 e. The number of anilines is 1. The van der Waals surface area contributed by atoms with E-state index in [0.29, 0.717) is 11.4 Å². The molecule has 1 amide bonds. The molecule has 0 heterocycles. The van der Waals surface area contributed by atoms with Gasteiger partial charge in [0.05, 0.1) is 10.7 Å². The van der Waals surface area contributed by atoms with E-state index in [1.807, 2.05) is 25.2 Å². The lowest BCUT2D eigenvalue weighted by atomic mass is 10.2. The van der Waals surface area contributed by atoms with E-state index in [1.165, 1.54) is 0 Å². The average Bonchev–Trinajstić information content (AvgIpc) is 2.34. The molecule has 0 spiro atoms. The SMILES string of the molecule is CNCCCCC(=O)N(C)c1ccccc1Cl. The van der Waals surface area contributed by atoms with Crippen molar-refractivity contribution in [3.05, 3.63) is 29.3 Å². The Kier molecular flexibility index (Phi) is 6.01. The van der Waals surface area contributed by atoms with Crippen LogP contribution in [0.4, 0.5) is 5.69 Å². The van der Waals surface area contributed by atoms with Crippen molar-refractivity contribution in [1.29, 1.82) is 0 Å². The summed E-state index contributed by atoms with van der Waals surface area (Å²) >= 11 is 6.04. The second-order valence-corrected chi connectivity index (χ2v) is 4.37. The monoisotopic (exact) mass is 254 g/mol. The predicted molar refractivity (Wildman–Crippen MR) is 72.6 cm³/mol. The van der Waals surface area contributed by atoms with Crippen molar-refractivity contribution in [3.8, 4) is 0 Å². The number of carbonyl (C=O) groups excluding carboxylic acids is 1. The maximum Gasteiger partial charge on any atom is 0.226 e. The molecule has 0 saturated carbocycles. The Bertz CT molecular complexity index is 368. The highest BCUT2D eigenvalue weighted by molar-refractivity contribution is 6.33. The van der Waals surface area contributed by atoms with Crippen molar-refractivity contribution in [3.63, 3.8) is 0 Å². The summed E-state index contributed by atoms with van der Waals surface area (Å²) in [4.78, 5) is 13.5. The Labute approximate surface area is 108 Å². The summed E-state index contributed by atoms with van der Waals surface area (Å²) in [6.45, 7) is 0.948. The van der Waals surface area contributed by atoms with Crippen LogP contribution in [0.5, 0.6) is 0 Å². The maximum absolute atomic E-state index is 11.9. The zero-order valence-electron chi connectivity index (χ0n) is 10.4. The molecule has 0 saturated heterocycles. The van der Waals surface area contributed by atoms with E-state index < -0.39 is 0 Å². The molecule has 1 N–H and O–H groups in total. The molecule has 1 aromatic rings. The third-order valence-electron chi connectivity index (χ3n) is 2.66. The third kappa shape index (κ3) is 4.36. The largest absolute Gasteiger partial charge is 0.320 e. The number of hydrogen-bond acceptors (Lipinski definition) is 2. The average molecular weight is 255 g/mol. The second-order valence-electron chi connectivity index (χ2n) is 3.96. The number of rotatable bonds is 6. The first-order chi connectivity index (χ1) is 8.16. The van der Waals surface area contributed by atoms with Crippen LogP contribution in [0.15, 0.2) is 24.3 Å². The first kappa shape index (κ1) is 14.0. The highest BCUT2D eigenvalue weighted by Gasteiger charge is 2.12. The number of nitrogens with zero attached hydrogens (tertiary/aromatic N) is 1.